The Hall–Kier alpha value is -2.88. The minimum Gasteiger partial charge on any atom is -0.497 e. The van der Waals surface area contributed by atoms with Crippen molar-refractivity contribution in [2.24, 2.45) is 0 Å². The van der Waals surface area contributed by atoms with Crippen molar-refractivity contribution in [3.8, 4) is 5.75 Å². The second-order valence-electron chi connectivity index (χ2n) is 9.45. The minimum atomic E-state index is -0.426. The van der Waals surface area contributed by atoms with E-state index in [4.69, 9.17) is 14.2 Å². The molecule has 0 saturated carbocycles. The number of benzene rings is 1. The molecule has 1 unspecified atom stereocenters. The molecule has 0 bridgehead atoms. The van der Waals surface area contributed by atoms with Gasteiger partial charge in [0.1, 0.15) is 11.6 Å². The van der Waals surface area contributed by atoms with E-state index in [1.807, 2.05) is 25.1 Å². The topological polar surface area (TPSA) is 121 Å². The van der Waals surface area contributed by atoms with Crippen molar-refractivity contribution < 1.29 is 24.1 Å². The predicted molar refractivity (Wildman–Crippen MR) is 137 cm³/mol. The van der Waals surface area contributed by atoms with E-state index in [0.717, 1.165) is 66.4 Å². The Labute approximate surface area is 211 Å². The van der Waals surface area contributed by atoms with Gasteiger partial charge in [-0.05, 0) is 49.9 Å². The van der Waals surface area contributed by atoms with Crippen LogP contribution in [-0.4, -0.2) is 52.1 Å². The Balaban J connectivity index is 1.39. The minimum absolute atomic E-state index is 0.0774. The molecule has 1 fully saturated rings. The lowest BCUT2D eigenvalue weighted by molar-refractivity contribution is -0.164. The SMILES string of the molecule is CCC1(CCCCCC(NC(=O)Cc2c(C)[nH]c3ccc(OC)cc23)c2ncc(CO)[nH]2)OCCO1. The number of H-pyrrole nitrogens is 2. The standard InChI is InChI=1S/C27H38N4O5/c1-4-27(35-12-13-36-27)11-7-5-6-8-24(26-28-16-19(17-32)30-26)31-25(33)15-21-18(2)29-23-10-9-20(34-3)14-22(21)23/h9-10,14,16,24,29,32H,4-8,11-13,15,17H2,1-3H3,(H,28,30)(H,31,33). The van der Waals surface area contributed by atoms with Gasteiger partial charge in [-0.3, -0.25) is 4.79 Å². The van der Waals surface area contributed by atoms with Gasteiger partial charge in [0.05, 0.1) is 51.3 Å². The third-order valence-corrected chi connectivity index (χ3v) is 7.05. The maximum absolute atomic E-state index is 13.2. The summed E-state index contributed by atoms with van der Waals surface area (Å²) in [6, 6.07) is 5.56. The third-order valence-electron chi connectivity index (χ3n) is 7.05. The summed E-state index contributed by atoms with van der Waals surface area (Å²) >= 11 is 0. The van der Waals surface area contributed by atoms with E-state index in [2.05, 4.69) is 27.2 Å². The van der Waals surface area contributed by atoms with E-state index in [9.17, 15) is 9.90 Å². The van der Waals surface area contributed by atoms with E-state index in [-0.39, 0.29) is 25.0 Å². The lowest BCUT2D eigenvalue weighted by atomic mass is 10.0. The molecular weight excluding hydrogens is 460 g/mol. The molecule has 1 amide bonds. The number of nitrogens with one attached hydrogen (secondary N) is 3. The smallest absolute Gasteiger partial charge is 0.225 e. The fraction of sp³-hybridized carbons (Fsp3) is 0.556. The van der Waals surface area contributed by atoms with Crippen molar-refractivity contribution in [2.45, 2.75) is 77.2 Å². The molecule has 3 heterocycles. The normalized spacial score (nSPS) is 15.9. The highest BCUT2D eigenvalue weighted by atomic mass is 16.7. The fourth-order valence-electron chi connectivity index (χ4n) is 4.98. The molecule has 4 N–H and O–H groups in total. The molecule has 0 spiro atoms. The van der Waals surface area contributed by atoms with Gasteiger partial charge in [0, 0.05) is 23.0 Å². The van der Waals surface area contributed by atoms with Crippen LogP contribution < -0.4 is 10.1 Å². The number of nitrogens with zero attached hydrogens (tertiary/aromatic N) is 1. The average molecular weight is 499 g/mol. The summed E-state index contributed by atoms with van der Waals surface area (Å²) in [5, 5.41) is 13.6. The highest BCUT2D eigenvalue weighted by Gasteiger charge is 2.33. The van der Waals surface area contributed by atoms with Crippen LogP contribution in [0, 0.1) is 6.92 Å². The van der Waals surface area contributed by atoms with Gasteiger partial charge in [0.2, 0.25) is 5.91 Å². The number of carbonyl (C=O) groups excluding carboxylic acids is 1. The number of hydrogen-bond acceptors (Lipinski definition) is 6. The highest BCUT2D eigenvalue weighted by molar-refractivity contribution is 5.91. The number of unbranched alkanes of at least 4 members (excludes halogenated alkanes) is 2. The number of imidazole rings is 1. The number of carbonyl (C=O) groups is 1. The van der Waals surface area contributed by atoms with E-state index in [1.165, 1.54) is 0 Å². The Morgan fingerprint density at radius 3 is 2.75 bits per heavy atom. The van der Waals surface area contributed by atoms with Crippen LogP contribution in [0.3, 0.4) is 0 Å². The Morgan fingerprint density at radius 2 is 2.06 bits per heavy atom. The molecule has 4 rings (SSSR count). The zero-order valence-corrected chi connectivity index (χ0v) is 21.5. The predicted octanol–water partition coefficient (Wildman–Crippen LogP) is 4.20. The quantitative estimate of drug-likeness (QED) is 0.262. The number of aliphatic hydroxyl groups excluding tert-OH is 1. The van der Waals surface area contributed by atoms with Gasteiger partial charge in [-0.2, -0.15) is 0 Å². The molecule has 1 aliphatic rings. The number of aromatic amines is 2. The number of ether oxygens (including phenoxy) is 3. The van der Waals surface area contributed by atoms with Gasteiger partial charge in [-0.15, -0.1) is 0 Å². The largest absolute Gasteiger partial charge is 0.497 e. The Bertz CT molecular complexity index is 1150. The first-order valence-electron chi connectivity index (χ1n) is 12.8. The van der Waals surface area contributed by atoms with E-state index >= 15 is 0 Å². The first kappa shape index (κ1) is 26.2. The lowest BCUT2D eigenvalue weighted by Gasteiger charge is -2.25. The van der Waals surface area contributed by atoms with Crippen LogP contribution in [0.2, 0.25) is 0 Å². The first-order valence-corrected chi connectivity index (χ1v) is 12.8. The maximum Gasteiger partial charge on any atom is 0.225 e. The third kappa shape index (κ3) is 6.08. The molecule has 1 saturated heterocycles. The molecule has 196 valence electrons. The summed E-state index contributed by atoms with van der Waals surface area (Å²) in [6.45, 7) is 5.28. The van der Waals surface area contributed by atoms with Crippen LogP contribution in [0.1, 0.15) is 74.3 Å². The van der Waals surface area contributed by atoms with Crippen molar-refractivity contribution in [1.82, 2.24) is 20.3 Å². The van der Waals surface area contributed by atoms with E-state index < -0.39 is 5.79 Å². The molecule has 2 aromatic heterocycles. The van der Waals surface area contributed by atoms with Gasteiger partial charge in [0.25, 0.3) is 0 Å². The molecule has 1 aromatic carbocycles. The molecule has 0 radical (unpaired) electrons. The Morgan fingerprint density at radius 1 is 1.25 bits per heavy atom. The summed E-state index contributed by atoms with van der Waals surface area (Å²) in [7, 11) is 1.64. The van der Waals surface area contributed by atoms with Gasteiger partial charge in [-0.1, -0.05) is 19.8 Å². The van der Waals surface area contributed by atoms with Crippen molar-refractivity contribution in [3.05, 3.63) is 47.2 Å². The summed E-state index contributed by atoms with van der Waals surface area (Å²) in [5.74, 6) is 0.917. The lowest BCUT2D eigenvalue weighted by Crippen LogP contribution is -2.31. The Kier molecular flexibility index (Phi) is 8.66. The molecule has 36 heavy (non-hydrogen) atoms. The first-order chi connectivity index (χ1) is 17.5. The van der Waals surface area contributed by atoms with Gasteiger partial charge < -0.3 is 34.6 Å². The summed E-state index contributed by atoms with van der Waals surface area (Å²) < 4.78 is 17.0. The summed E-state index contributed by atoms with van der Waals surface area (Å²) in [5.41, 5.74) is 3.53. The van der Waals surface area contributed by atoms with Crippen LogP contribution in [0.4, 0.5) is 0 Å². The van der Waals surface area contributed by atoms with Crippen molar-refractivity contribution in [1.29, 1.82) is 0 Å². The number of rotatable bonds is 13. The van der Waals surface area contributed by atoms with Crippen molar-refractivity contribution >= 4 is 16.8 Å². The van der Waals surface area contributed by atoms with E-state index in [0.29, 0.717) is 24.7 Å². The zero-order chi connectivity index (χ0) is 25.5. The van der Waals surface area contributed by atoms with Crippen molar-refractivity contribution in [3.63, 3.8) is 0 Å². The molecule has 9 nitrogen and oxygen atoms in total. The van der Waals surface area contributed by atoms with Gasteiger partial charge >= 0.3 is 0 Å². The van der Waals surface area contributed by atoms with Crippen LogP contribution in [0.25, 0.3) is 10.9 Å². The van der Waals surface area contributed by atoms with E-state index in [1.54, 1.807) is 13.3 Å². The fourth-order valence-corrected chi connectivity index (χ4v) is 4.98. The number of hydrogen-bond donors (Lipinski definition) is 4. The second-order valence-corrected chi connectivity index (χ2v) is 9.45. The molecule has 1 atom stereocenters. The number of aliphatic hydroxyl groups is 1. The zero-order valence-electron chi connectivity index (χ0n) is 21.5. The van der Waals surface area contributed by atoms with Crippen LogP contribution in [0.5, 0.6) is 5.75 Å². The number of amides is 1. The monoisotopic (exact) mass is 498 g/mol. The van der Waals surface area contributed by atoms with Crippen molar-refractivity contribution in [2.75, 3.05) is 20.3 Å². The van der Waals surface area contributed by atoms with Crippen LogP contribution >= 0.6 is 0 Å². The number of aryl methyl sites for hydroxylation is 1. The molecule has 9 heteroatoms. The van der Waals surface area contributed by atoms with Crippen LogP contribution in [-0.2, 0) is 27.3 Å². The number of methoxy groups -OCH3 is 1. The van der Waals surface area contributed by atoms with Gasteiger partial charge in [-0.25, -0.2) is 4.98 Å². The number of fused-ring (bicyclic) bond motifs is 1. The summed E-state index contributed by atoms with van der Waals surface area (Å²) in [6.07, 6.45) is 7.23. The van der Waals surface area contributed by atoms with Crippen LogP contribution in [0.15, 0.2) is 24.4 Å². The molecular formula is C27H38N4O5. The molecule has 3 aromatic rings. The summed E-state index contributed by atoms with van der Waals surface area (Å²) in [4.78, 5) is 24.1. The second kappa shape index (κ2) is 11.9. The highest BCUT2D eigenvalue weighted by Crippen LogP contribution is 2.30. The van der Waals surface area contributed by atoms with Gasteiger partial charge in [0.15, 0.2) is 5.79 Å². The average Bonchev–Trinajstić information content (AvgIpc) is 3.63. The molecule has 1 aliphatic heterocycles. The maximum atomic E-state index is 13.2. The molecule has 0 aliphatic carbocycles. The number of aromatic nitrogens is 3.